The lowest BCUT2D eigenvalue weighted by Crippen LogP contribution is -1.96. The Bertz CT molecular complexity index is 626. The third-order valence-electron chi connectivity index (χ3n) is 2.24. The maximum atomic E-state index is 9.00. The molecule has 0 aliphatic rings. The van der Waals surface area contributed by atoms with E-state index in [0.29, 0.717) is 21.1 Å². The molecule has 1 heterocycles. The third-order valence-corrected chi connectivity index (χ3v) is 3.23. The third kappa shape index (κ3) is 2.38. The van der Waals surface area contributed by atoms with Gasteiger partial charge in [0.2, 0.25) is 0 Å². The first-order chi connectivity index (χ1) is 8.26. The minimum atomic E-state index is 0.436. The molecule has 1 aromatic heterocycles. The van der Waals surface area contributed by atoms with Crippen molar-refractivity contribution >= 4 is 24.0 Å². The molecule has 0 aliphatic carbocycles. The molecule has 1 aromatic carbocycles. The predicted octanol–water partition coefficient (Wildman–Crippen LogP) is 3.40. The van der Waals surface area contributed by atoms with Gasteiger partial charge in [-0.2, -0.15) is 5.26 Å². The quantitative estimate of drug-likeness (QED) is 0.510. The van der Waals surface area contributed by atoms with Crippen molar-refractivity contribution in [3.63, 3.8) is 0 Å². The topological polar surface area (TPSA) is 52.5 Å². The Morgan fingerprint density at radius 1 is 1.35 bits per heavy atom. The van der Waals surface area contributed by atoms with Crippen LogP contribution in [0.3, 0.4) is 0 Å². The summed E-state index contributed by atoms with van der Waals surface area (Å²) in [4.78, 5) is 7.40. The van der Waals surface area contributed by atoms with E-state index >= 15 is 0 Å². The fraction of sp³-hybridized carbons (Fsp3) is 0.0833. The largest absolute Gasteiger partial charge is 0.330 e. The Kier molecular flexibility index (Phi) is 3.57. The van der Waals surface area contributed by atoms with Crippen LogP contribution in [0.5, 0.6) is 0 Å². The van der Waals surface area contributed by atoms with Crippen molar-refractivity contribution in [2.45, 2.75) is 5.03 Å². The van der Waals surface area contributed by atoms with Crippen molar-refractivity contribution in [3.05, 3.63) is 40.5 Å². The SMILES string of the molecule is CSc1nc(-c2ccccc2)[nH]c(=S)c1C#N. The number of hydrogen-bond donors (Lipinski definition) is 1. The number of benzene rings is 1. The molecule has 5 heteroatoms. The van der Waals surface area contributed by atoms with E-state index < -0.39 is 0 Å². The summed E-state index contributed by atoms with van der Waals surface area (Å²) in [6, 6.07) is 11.8. The smallest absolute Gasteiger partial charge is 0.139 e. The number of rotatable bonds is 2. The van der Waals surface area contributed by atoms with E-state index in [4.69, 9.17) is 17.5 Å². The van der Waals surface area contributed by atoms with Gasteiger partial charge in [-0.25, -0.2) is 4.98 Å². The van der Waals surface area contributed by atoms with Gasteiger partial charge in [-0.1, -0.05) is 42.5 Å². The Balaban J connectivity index is 2.64. The average molecular weight is 259 g/mol. The molecule has 0 atom stereocenters. The second-order valence-corrected chi connectivity index (χ2v) is 4.48. The lowest BCUT2D eigenvalue weighted by molar-refractivity contribution is 1.03. The lowest BCUT2D eigenvalue weighted by atomic mass is 10.2. The van der Waals surface area contributed by atoms with E-state index in [1.807, 2.05) is 36.6 Å². The van der Waals surface area contributed by atoms with Crippen LogP contribution in [0.4, 0.5) is 0 Å². The summed E-state index contributed by atoms with van der Waals surface area (Å²) in [5, 5.41) is 9.66. The van der Waals surface area contributed by atoms with Crippen LogP contribution in [0, 0.1) is 16.0 Å². The van der Waals surface area contributed by atoms with Gasteiger partial charge in [0.05, 0.1) is 0 Å². The molecule has 0 bridgehead atoms. The monoisotopic (exact) mass is 259 g/mol. The van der Waals surface area contributed by atoms with Crippen molar-refractivity contribution in [1.29, 1.82) is 5.26 Å². The highest BCUT2D eigenvalue weighted by molar-refractivity contribution is 7.98. The van der Waals surface area contributed by atoms with E-state index in [2.05, 4.69) is 16.0 Å². The maximum absolute atomic E-state index is 9.00. The molecule has 0 saturated carbocycles. The Morgan fingerprint density at radius 3 is 2.65 bits per heavy atom. The first-order valence-corrected chi connectivity index (χ1v) is 6.53. The Hall–Kier alpha value is -1.64. The van der Waals surface area contributed by atoms with Gasteiger partial charge in [0.1, 0.15) is 27.1 Å². The number of aromatic amines is 1. The van der Waals surface area contributed by atoms with Crippen molar-refractivity contribution in [2.75, 3.05) is 6.26 Å². The van der Waals surface area contributed by atoms with Crippen LogP contribution in [0.15, 0.2) is 35.4 Å². The zero-order valence-corrected chi connectivity index (χ0v) is 10.7. The molecule has 17 heavy (non-hydrogen) atoms. The highest BCUT2D eigenvalue weighted by atomic mass is 32.2. The Labute approximate surface area is 109 Å². The van der Waals surface area contributed by atoms with Gasteiger partial charge in [-0.3, -0.25) is 0 Å². The van der Waals surface area contributed by atoms with Crippen LogP contribution >= 0.6 is 24.0 Å². The number of aromatic nitrogens is 2. The van der Waals surface area contributed by atoms with Crippen LogP contribution in [0.25, 0.3) is 11.4 Å². The minimum absolute atomic E-state index is 0.436. The molecule has 1 N–H and O–H groups in total. The molecule has 84 valence electrons. The summed E-state index contributed by atoms with van der Waals surface area (Å²) in [5.74, 6) is 0.693. The Morgan fingerprint density at radius 2 is 2.06 bits per heavy atom. The van der Waals surface area contributed by atoms with Gasteiger partial charge in [-0.15, -0.1) is 11.8 Å². The van der Waals surface area contributed by atoms with Gasteiger partial charge >= 0.3 is 0 Å². The molecular formula is C12H9N3S2. The first-order valence-electron chi connectivity index (χ1n) is 4.90. The van der Waals surface area contributed by atoms with Gasteiger partial charge < -0.3 is 4.98 Å². The van der Waals surface area contributed by atoms with Gasteiger partial charge in [0, 0.05) is 5.56 Å². The number of H-pyrrole nitrogens is 1. The van der Waals surface area contributed by atoms with E-state index in [0.717, 1.165) is 5.56 Å². The van der Waals surface area contributed by atoms with Crippen molar-refractivity contribution in [2.24, 2.45) is 0 Å². The second kappa shape index (κ2) is 5.13. The number of hydrogen-bond acceptors (Lipinski definition) is 4. The summed E-state index contributed by atoms with van der Waals surface area (Å²) < 4.78 is 0.436. The van der Waals surface area contributed by atoms with E-state index in [-0.39, 0.29) is 0 Å². The molecule has 0 fully saturated rings. The summed E-state index contributed by atoms with van der Waals surface area (Å²) >= 11 is 6.58. The van der Waals surface area contributed by atoms with E-state index in [9.17, 15) is 0 Å². The predicted molar refractivity (Wildman–Crippen MR) is 71.4 cm³/mol. The fourth-order valence-corrected chi connectivity index (χ4v) is 2.27. The molecule has 0 unspecified atom stereocenters. The molecule has 0 radical (unpaired) electrons. The summed E-state index contributed by atoms with van der Waals surface area (Å²) in [7, 11) is 0. The summed E-state index contributed by atoms with van der Waals surface area (Å²) in [6.07, 6.45) is 1.88. The number of nitriles is 1. The molecule has 2 rings (SSSR count). The van der Waals surface area contributed by atoms with Gasteiger partial charge in [0.15, 0.2) is 0 Å². The first kappa shape index (κ1) is 11.8. The molecular weight excluding hydrogens is 250 g/mol. The lowest BCUT2D eigenvalue weighted by Gasteiger charge is -2.05. The molecule has 0 saturated heterocycles. The van der Waals surface area contributed by atoms with Crippen LogP contribution < -0.4 is 0 Å². The van der Waals surface area contributed by atoms with Crippen LogP contribution in [-0.2, 0) is 0 Å². The highest BCUT2D eigenvalue weighted by Crippen LogP contribution is 2.22. The van der Waals surface area contributed by atoms with Crippen molar-refractivity contribution < 1.29 is 0 Å². The van der Waals surface area contributed by atoms with Crippen LogP contribution in [0.1, 0.15) is 5.56 Å². The highest BCUT2D eigenvalue weighted by Gasteiger charge is 2.08. The molecule has 0 aliphatic heterocycles. The maximum Gasteiger partial charge on any atom is 0.139 e. The normalized spacial score (nSPS) is 9.88. The number of nitrogens with zero attached hydrogens (tertiary/aromatic N) is 2. The van der Waals surface area contributed by atoms with Gasteiger partial charge in [-0.05, 0) is 6.26 Å². The standard InChI is InChI=1S/C12H9N3S2/c1-17-12-9(7-13)11(16)14-10(15-12)8-5-3-2-4-6-8/h2-6H,1H3,(H,14,15,16). The zero-order chi connectivity index (χ0) is 12.3. The summed E-state index contributed by atoms with van der Waals surface area (Å²) in [5.41, 5.74) is 1.39. The molecule has 0 spiro atoms. The average Bonchev–Trinajstić information content (AvgIpc) is 2.38. The van der Waals surface area contributed by atoms with E-state index in [1.165, 1.54) is 11.8 Å². The van der Waals surface area contributed by atoms with E-state index in [1.54, 1.807) is 0 Å². The van der Waals surface area contributed by atoms with Crippen molar-refractivity contribution in [3.8, 4) is 17.5 Å². The molecule has 0 amide bonds. The number of thioether (sulfide) groups is 1. The molecule has 3 nitrogen and oxygen atoms in total. The number of nitrogens with one attached hydrogen (secondary N) is 1. The van der Waals surface area contributed by atoms with Gasteiger partial charge in [0.25, 0.3) is 0 Å². The van der Waals surface area contributed by atoms with Crippen molar-refractivity contribution in [1.82, 2.24) is 9.97 Å². The second-order valence-electron chi connectivity index (χ2n) is 3.28. The minimum Gasteiger partial charge on any atom is -0.330 e. The van der Waals surface area contributed by atoms with Crippen LogP contribution in [-0.4, -0.2) is 16.2 Å². The summed E-state index contributed by atoms with van der Waals surface area (Å²) in [6.45, 7) is 0. The molecule has 2 aromatic rings. The van der Waals surface area contributed by atoms with Crippen LogP contribution in [0.2, 0.25) is 0 Å². The fourth-order valence-electron chi connectivity index (χ4n) is 1.43. The zero-order valence-electron chi connectivity index (χ0n) is 9.10.